The molecule has 0 aliphatic rings. The highest BCUT2D eigenvalue weighted by Crippen LogP contribution is 2.24. The number of benzene rings is 1. The lowest BCUT2D eigenvalue weighted by atomic mass is 10.0. The van der Waals surface area contributed by atoms with E-state index >= 15 is 0 Å². The van der Waals surface area contributed by atoms with Gasteiger partial charge >= 0.3 is 5.97 Å². The van der Waals surface area contributed by atoms with E-state index in [-0.39, 0.29) is 0 Å². The molecule has 2 aromatic rings. The molecule has 0 aliphatic heterocycles. The highest BCUT2D eigenvalue weighted by atomic mass is 16.5. The fourth-order valence-electron chi connectivity index (χ4n) is 1.63. The van der Waals surface area contributed by atoms with Crippen molar-refractivity contribution in [2.24, 2.45) is 0 Å². The molecule has 0 amide bonds. The van der Waals surface area contributed by atoms with Crippen LogP contribution in [-0.4, -0.2) is 16.1 Å². The number of carboxylic acid groups (broad SMARTS) is 1. The molecular formula is C15H15NO3. The van der Waals surface area contributed by atoms with Gasteiger partial charge in [-0.25, -0.2) is 4.98 Å². The van der Waals surface area contributed by atoms with Crippen molar-refractivity contribution in [3.8, 4) is 11.6 Å². The maximum absolute atomic E-state index is 10.9. The lowest BCUT2D eigenvalue weighted by Gasteiger charge is -2.09. The van der Waals surface area contributed by atoms with Crippen LogP contribution in [0.3, 0.4) is 0 Å². The monoisotopic (exact) mass is 257 g/mol. The van der Waals surface area contributed by atoms with Crippen LogP contribution >= 0.6 is 0 Å². The Hall–Kier alpha value is -2.36. The van der Waals surface area contributed by atoms with Crippen molar-refractivity contribution < 1.29 is 14.6 Å². The Morgan fingerprint density at radius 3 is 2.58 bits per heavy atom. The van der Waals surface area contributed by atoms with Crippen LogP contribution in [-0.2, 0) is 4.79 Å². The first-order chi connectivity index (χ1) is 9.08. The molecule has 2 rings (SSSR count). The number of ether oxygens (including phenoxy) is 1. The molecule has 0 radical (unpaired) electrons. The maximum Gasteiger partial charge on any atom is 0.310 e. The molecule has 0 aliphatic carbocycles. The zero-order valence-corrected chi connectivity index (χ0v) is 10.8. The molecule has 98 valence electrons. The summed E-state index contributed by atoms with van der Waals surface area (Å²) in [5, 5.41) is 8.92. The fourth-order valence-corrected chi connectivity index (χ4v) is 1.63. The van der Waals surface area contributed by atoms with E-state index in [1.54, 1.807) is 19.1 Å². The van der Waals surface area contributed by atoms with Gasteiger partial charge in [0.1, 0.15) is 5.75 Å². The second-order valence-corrected chi connectivity index (χ2v) is 4.36. The van der Waals surface area contributed by atoms with E-state index in [2.05, 4.69) is 4.98 Å². The van der Waals surface area contributed by atoms with Crippen molar-refractivity contribution in [2.75, 3.05) is 0 Å². The van der Waals surface area contributed by atoms with Crippen molar-refractivity contribution in [3.63, 3.8) is 0 Å². The van der Waals surface area contributed by atoms with Gasteiger partial charge in [-0.3, -0.25) is 4.79 Å². The third-order valence-corrected chi connectivity index (χ3v) is 2.94. The zero-order valence-electron chi connectivity index (χ0n) is 10.8. The van der Waals surface area contributed by atoms with E-state index in [0.717, 1.165) is 11.3 Å². The molecule has 0 spiro atoms. The van der Waals surface area contributed by atoms with Crippen molar-refractivity contribution in [1.29, 1.82) is 0 Å². The van der Waals surface area contributed by atoms with Crippen molar-refractivity contribution in [3.05, 3.63) is 53.7 Å². The van der Waals surface area contributed by atoms with Gasteiger partial charge in [-0.1, -0.05) is 24.3 Å². The molecule has 4 heteroatoms. The van der Waals surface area contributed by atoms with Crippen LogP contribution in [0.1, 0.15) is 24.0 Å². The van der Waals surface area contributed by atoms with E-state index in [0.29, 0.717) is 11.4 Å². The molecule has 1 unspecified atom stereocenters. The molecular weight excluding hydrogens is 242 g/mol. The molecule has 1 heterocycles. The van der Waals surface area contributed by atoms with E-state index < -0.39 is 11.9 Å². The summed E-state index contributed by atoms with van der Waals surface area (Å²) in [5.41, 5.74) is 1.68. The number of aryl methyl sites for hydroxylation is 1. The minimum absolute atomic E-state index is 0.454. The van der Waals surface area contributed by atoms with Crippen LogP contribution in [0.25, 0.3) is 0 Å². The lowest BCUT2D eigenvalue weighted by molar-refractivity contribution is -0.138. The lowest BCUT2D eigenvalue weighted by Crippen LogP contribution is -2.07. The summed E-state index contributed by atoms with van der Waals surface area (Å²) in [6.07, 6.45) is 1.53. The predicted molar refractivity (Wildman–Crippen MR) is 71.5 cm³/mol. The van der Waals surface area contributed by atoms with Gasteiger partial charge in [-0.05, 0) is 31.0 Å². The highest BCUT2D eigenvalue weighted by molar-refractivity contribution is 5.75. The van der Waals surface area contributed by atoms with Crippen LogP contribution in [0, 0.1) is 6.92 Å². The SMILES string of the molecule is Cc1ccccc1Oc1ccc(C(C)C(=O)O)cn1. The van der Waals surface area contributed by atoms with Gasteiger partial charge < -0.3 is 9.84 Å². The molecule has 1 N–H and O–H groups in total. The topological polar surface area (TPSA) is 59.4 Å². The first-order valence-corrected chi connectivity index (χ1v) is 6.00. The first-order valence-electron chi connectivity index (χ1n) is 6.00. The number of hydrogen-bond donors (Lipinski definition) is 1. The summed E-state index contributed by atoms with van der Waals surface area (Å²) in [6, 6.07) is 11.1. The third-order valence-electron chi connectivity index (χ3n) is 2.94. The summed E-state index contributed by atoms with van der Waals surface area (Å²) in [7, 11) is 0. The molecule has 0 fully saturated rings. The number of aliphatic carboxylic acids is 1. The summed E-state index contributed by atoms with van der Waals surface area (Å²) in [6.45, 7) is 3.58. The Balaban J connectivity index is 2.15. The van der Waals surface area contributed by atoms with Gasteiger partial charge in [0, 0.05) is 12.3 Å². The molecule has 1 aromatic heterocycles. The minimum atomic E-state index is -0.866. The van der Waals surface area contributed by atoms with Gasteiger partial charge in [-0.15, -0.1) is 0 Å². The van der Waals surface area contributed by atoms with Gasteiger partial charge in [0.2, 0.25) is 5.88 Å². The molecule has 0 bridgehead atoms. The average molecular weight is 257 g/mol. The minimum Gasteiger partial charge on any atom is -0.481 e. The number of rotatable bonds is 4. The summed E-state index contributed by atoms with van der Waals surface area (Å²) < 4.78 is 5.65. The highest BCUT2D eigenvalue weighted by Gasteiger charge is 2.14. The normalized spacial score (nSPS) is 11.9. The Labute approximate surface area is 111 Å². The second-order valence-electron chi connectivity index (χ2n) is 4.36. The summed E-state index contributed by atoms with van der Waals surface area (Å²) >= 11 is 0. The largest absolute Gasteiger partial charge is 0.481 e. The van der Waals surface area contributed by atoms with Crippen molar-refractivity contribution in [2.45, 2.75) is 19.8 Å². The standard InChI is InChI=1S/C15H15NO3/c1-10-5-3-4-6-13(10)19-14-8-7-12(9-16-14)11(2)15(17)18/h3-9,11H,1-2H3,(H,17,18). The van der Waals surface area contributed by atoms with Crippen LogP contribution in [0.2, 0.25) is 0 Å². The van der Waals surface area contributed by atoms with E-state index in [9.17, 15) is 4.79 Å². The maximum atomic E-state index is 10.9. The molecule has 4 nitrogen and oxygen atoms in total. The smallest absolute Gasteiger partial charge is 0.310 e. The number of hydrogen-bond acceptors (Lipinski definition) is 3. The van der Waals surface area contributed by atoms with Crippen LogP contribution in [0.15, 0.2) is 42.6 Å². The first kappa shape index (κ1) is 13.1. The van der Waals surface area contributed by atoms with Crippen LogP contribution in [0.4, 0.5) is 0 Å². The average Bonchev–Trinajstić information content (AvgIpc) is 2.41. The van der Waals surface area contributed by atoms with Gasteiger partial charge in [0.25, 0.3) is 0 Å². The number of carboxylic acids is 1. The second kappa shape index (κ2) is 5.52. The number of para-hydroxylation sites is 1. The van der Waals surface area contributed by atoms with E-state index in [4.69, 9.17) is 9.84 Å². The van der Waals surface area contributed by atoms with Crippen molar-refractivity contribution in [1.82, 2.24) is 4.98 Å². The zero-order chi connectivity index (χ0) is 13.8. The molecule has 19 heavy (non-hydrogen) atoms. The molecule has 1 aromatic carbocycles. The molecule has 1 atom stereocenters. The fraction of sp³-hybridized carbons (Fsp3) is 0.200. The summed E-state index contributed by atoms with van der Waals surface area (Å²) in [5.74, 6) is -0.237. The Kier molecular flexibility index (Phi) is 3.80. The van der Waals surface area contributed by atoms with E-state index in [1.807, 2.05) is 31.2 Å². The molecule has 0 saturated carbocycles. The third kappa shape index (κ3) is 3.10. The van der Waals surface area contributed by atoms with Crippen LogP contribution < -0.4 is 4.74 Å². The Morgan fingerprint density at radius 2 is 2.00 bits per heavy atom. The quantitative estimate of drug-likeness (QED) is 0.912. The van der Waals surface area contributed by atoms with Crippen molar-refractivity contribution >= 4 is 5.97 Å². The van der Waals surface area contributed by atoms with Gasteiger partial charge in [0.15, 0.2) is 0 Å². The Bertz CT molecular complexity index is 578. The summed E-state index contributed by atoms with van der Waals surface area (Å²) in [4.78, 5) is 15.0. The van der Waals surface area contributed by atoms with Gasteiger partial charge in [-0.2, -0.15) is 0 Å². The predicted octanol–water partition coefficient (Wildman–Crippen LogP) is 3.37. The number of pyridine rings is 1. The van der Waals surface area contributed by atoms with Gasteiger partial charge in [0.05, 0.1) is 5.92 Å². The Morgan fingerprint density at radius 1 is 1.26 bits per heavy atom. The number of aromatic nitrogens is 1. The van der Waals surface area contributed by atoms with E-state index in [1.165, 1.54) is 6.20 Å². The number of carbonyl (C=O) groups is 1. The number of nitrogens with zero attached hydrogens (tertiary/aromatic N) is 1. The van der Waals surface area contributed by atoms with Crippen LogP contribution in [0.5, 0.6) is 11.6 Å². The molecule has 0 saturated heterocycles.